The van der Waals surface area contributed by atoms with Crippen molar-refractivity contribution >= 4 is 55.4 Å². The Morgan fingerprint density at radius 1 is 0.453 bits per heavy atom. The Morgan fingerprint density at radius 2 is 1.03 bits per heavy atom. The van der Waals surface area contributed by atoms with Crippen LogP contribution in [0.5, 0.6) is 0 Å². The van der Waals surface area contributed by atoms with E-state index in [9.17, 15) is 0 Å². The van der Waals surface area contributed by atoms with Crippen LogP contribution >= 0.6 is 0 Å². The third kappa shape index (κ3) is 6.87. The van der Waals surface area contributed by atoms with E-state index in [4.69, 9.17) is 4.42 Å². The Morgan fingerprint density at radius 3 is 1.75 bits per heavy atom. The Balaban J connectivity index is 0.868. The summed E-state index contributed by atoms with van der Waals surface area (Å²) in [6.07, 6.45) is 10.4. The van der Waals surface area contributed by atoms with Gasteiger partial charge < -0.3 is 8.98 Å². The fourth-order valence-electron chi connectivity index (χ4n) is 9.65. The quantitative estimate of drug-likeness (QED) is 0.140. The van der Waals surface area contributed by atoms with Crippen molar-refractivity contribution in [3.63, 3.8) is 0 Å². The van der Waals surface area contributed by atoms with E-state index < -0.39 is 0 Å². The highest BCUT2D eigenvalue weighted by Gasteiger charge is 2.18. The predicted molar refractivity (Wildman–Crippen MR) is 270 cm³/mol. The number of furan rings is 1. The summed E-state index contributed by atoms with van der Waals surface area (Å²) in [6, 6.07) is 78.8. The molecule has 1 aliphatic carbocycles. The molecule has 0 N–H and O–H groups in total. The van der Waals surface area contributed by atoms with Crippen LogP contribution in [0.25, 0.3) is 94.5 Å². The van der Waals surface area contributed by atoms with E-state index in [2.05, 4.69) is 235 Å². The van der Waals surface area contributed by atoms with Crippen molar-refractivity contribution in [2.45, 2.75) is 12.3 Å². The van der Waals surface area contributed by atoms with Crippen LogP contribution in [0.15, 0.2) is 247 Å². The van der Waals surface area contributed by atoms with Gasteiger partial charge in [-0.05, 0) is 122 Å². The Bertz CT molecular complexity index is 3580. The van der Waals surface area contributed by atoms with Crippen LogP contribution in [-0.4, -0.2) is 4.57 Å². The molecule has 0 radical (unpaired) electrons. The number of hydrogen-bond donors (Lipinski definition) is 0. The monoisotopic (exact) mass is 817 g/mol. The third-order valence-corrected chi connectivity index (χ3v) is 13.0. The number of benzene rings is 9. The van der Waals surface area contributed by atoms with E-state index in [1.807, 2.05) is 12.1 Å². The van der Waals surface area contributed by atoms with Gasteiger partial charge in [0.25, 0.3) is 0 Å². The number of para-hydroxylation sites is 2. The summed E-state index contributed by atoms with van der Waals surface area (Å²) in [6.45, 7) is 0. The molecule has 0 fully saturated rings. The van der Waals surface area contributed by atoms with E-state index >= 15 is 0 Å². The van der Waals surface area contributed by atoms with Crippen LogP contribution in [0, 0.1) is 0 Å². The molecule has 1 unspecified atom stereocenters. The summed E-state index contributed by atoms with van der Waals surface area (Å²) in [7, 11) is 0. The summed E-state index contributed by atoms with van der Waals surface area (Å²) in [5, 5.41) is 4.84. The molecule has 2 nitrogen and oxygen atoms in total. The minimum atomic E-state index is 0.286. The first-order valence-corrected chi connectivity index (χ1v) is 22.2. The molecule has 1 atom stereocenters. The molecule has 0 amide bonds. The first kappa shape index (κ1) is 37.6. The van der Waals surface area contributed by atoms with Gasteiger partial charge >= 0.3 is 0 Å². The molecule has 0 spiro atoms. The van der Waals surface area contributed by atoms with E-state index in [0.717, 1.165) is 28.8 Å². The van der Waals surface area contributed by atoms with Gasteiger partial charge in [0.2, 0.25) is 0 Å². The molecule has 0 bridgehead atoms. The second-order valence-electron chi connectivity index (χ2n) is 16.8. The van der Waals surface area contributed by atoms with Crippen molar-refractivity contribution in [1.82, 2.24) is 4.57 Å². The van der Waals surface area contributed by atoms with Crippen molar-refractivity contribution in [2.24, 2.45) is 0 Å². The first-order valence-electron chi connectivity index (χ1n) is 22.2. The molecule has 9 aromatic carbocycles. The van der Waals surface area contributed by atoms with Gasteiger partial charge in [0.15, 0.2) is 0 Å². The van der Waals surface area contributed by atoms with E-state index in [0.29, 0.717) is 0 Å². The Hall–Kier alpha value is -8.20. The lowest BCUT2D eigenvalue weighted by Gasteiger charge is -2.19. The largest absolute Gasteiger partial charge is 0.456 e. The molecule has 2 heteroatoms. The minimum Gasteiger partial charge on any atom is -0.456 e. The third-order valence-electron chi connectivity index (χ3n) is 13.0. The maximum absolute atomic E-state index is 6.14. The fraction of sp³-hybridized carbons (Fsp3) is 0.0323. The maximum atomic E-state index is 6.14. The number of allylic oxidation sites excluding steroid dienone is 5. The average molecular weight is 818 g/mol. The number of rotatable bonds is 8. The molecule has 12 rings (SSSR count). The topological polar surface area (TPSA) is 18.1 Å². The smallest absolute Gasteiger partial charge is 0.135 e. The highest BCUT2D eigenvalue weighted by molar-refractivity contribution is 6.10. The number of fused-ring (bicyclic) bond motifs is 6. The average Bonchev–Trinajstić information content (AvgIpc) is 3.92. The Kier molecular flexibility index (Phi) is 9.34. The van der Waals surface area contributed by atoms with Gasteiger partial charge in [0.05, 0.1) is 11.0 Å². The lowest BCUT2D eigenvalue weighted by atomic mass is 9.85. The molecule has 64 heavy (non-hydrogen) atoms. The van der Waals surface area contributed by atoms with Crippen LogP contribution in [0.1, 0.15) is 29.0 Å². The standard InChI is InChI=1S/C62H43NO/c1-3-11-43(12-4-1)45-23-27-49(28-24-45)56(50-29-25-48(26-30-50)52-34-38-62-58(41-52)55-16-8-10-18-61(55)64-62)39-42-19-21-47(22-20-42)51-33-37-60-57(40-51)54-15-7-9-17-59(54)63(60)53-35-31-46(32-36-53)44-13-5-2-6-14-44/h1-25,27-41,48H,26H2/b56-39-. The van der Waals surface area contributed by atoms with Gasteiger partial charge in [-0.25, -0.2) is 0 Å². The summed E-state index contributed by atoms with van der Waals surface area (Å²) >= 11 is 0. The van der Waals surface area contributed by atoms with Gasteiger partial charge in [-0.1, -0.05) is 188 Å². The maximum Gasteiger partial charge on any atom is 0.135 e. The first-order chi connectivity index (χ1) is 31.7. The molecule has 1 aliphatic rings. The molecular weight excluding hydrogens is 775 g/mol. The number of hydrogen-bond acceptors (Lipinski definition) is 1. The highest BCUT2D eigenvalue weighted by Crippen LogP contribution is 2.39. The Labute approximate surface area is 373 Å². The highest BCUT2D eigenvalue weighted by atomic mass is 16.3. The van der Waals surface area contributed by atoms with Crippen molar-refractivity contribution in [2.75, 3.05) is 0 Å². The van der Waals surface area contributed by atoms with Crippen molar-refractivity contribution in [1.29, 1.82) is 0 Å². The normalized spacial score (nSPS) is 14.2. The van der Waals surface area contributed by atoms with Crippen molar-refractivity contribution < 1.29 is 4.42 Å². The second kappa shape index (κ2) is 15.9. The second-order valence-corrected chi connectivity index (χ2v) is 16.8. The fourth-order valence-corrected chi connectivity index (χ4v) is 9.65. The zero-order chi connectivity index (χ0) is 42.4. The lowest BCUT2D eigenvalue weighted by Crippen LogP contribution is -2.00. The SMILES string of the molecule is C1=CC(c2ccc3oc4ccccc4c3c2)CC=C1/C(=C\c1ccc(-c2ccc3c(c2)c2ccccc2n3-c2ccc(-c3ccccc3)cc2)cc1)c1ccc(-c2ccccc2)cc1. The van der Waals surface area contributed by atoms with Gasteiger partial charge in [0.1, 0.15) is 11.2 Å². The number of nitrogens with zero attached hydrogens (tertiary/aromatic N) is 1. The summed E-state index contributed by atoms with van der Waals surface area (Å²) in [4.78, 5) is 0. The molecule has 2 aromatic heterocycles. The summed E-state index contributed by atoms with van der Waals surface area (Å²) in [5.74, 6) is 0.286. The lowest BCUT2D eigenvalue weighted by molar-refractivity contribution is 0.668. The molecule has 0 saturated heterocycles. The molecule has 302 valence electrons. The zero-order valence-electron chi connectivity index (χ0n) is 35.2. The van der Waals surface area contributed by atoms with Crippen molar-refractivity contribution in [3.8, 4) is 39.1 Å². The van der Waals surface area contributed by atoms with Gasteiger partial charge in [0, 0.05) is 33.2 Å². The van der Waals surface area contributed by atoms with Crippen LogP contribution < -0.4 is 0 Å². The van der Waals surface area contributed by atoms with Crippen molar-refractivity contribution in [3.05, 3.63) is 259 Å². The molecule has 2 heterocycles. The van der Waals surface area contributed by atoms with Gasteiger partial charge in [-0.3, -0.25) is 0 Å². The zero-order valence-corrected chi connectivity index (χ0v) is 35.2. The summed E-state index contributed by atoms with van der Waals surface area (Å²) < 4.78 is 8.53. The summed E-state index contributed by atoms with van der Waals surface area (Å²) in [5.41, 5.74) is 18.8. The molecule has 0 saturated carbocycles. The van der Waals surface area contributed by atoms with E-state index in [-0.39, 0.29) is 5.92 Å². The van der Waals surface area contributed by atoms with E-state index in [1.54, 1.807) is 0 Å². The van der Waals surface area contributed by atoms with Crippen LogP contribution in [0.2, 0.25) is 0 Å². The minimum absolute atomic E-state index is 0.286. The van der Waals surface area contributed by atoms with E-state index in [1.165, 1.54) is 88.2 Å². The van der Waals surface area contributed by atoms with Crippen LogP contribution in [0.3, 0.4) is 0 Å². The molecule has 0 aliphatic heterocycles. The molecule has 11 aromatic rings. The van der Waals surface area contributed by atoms with Gasteiger partial charge in [-0.15, -0.1) is 0 Å². The molecular formula is C62H43NO. The van der Waals surface area contributed by atoms with Crippen LogP contribution in [-0.2, 0) is 0 Å². The van der Waals surface area contributed by atoms with Gasteiger partial charge in [-0.2, -0.15) is 0 Å². The van der Waals surface area contributed by atoms with Crippen LogP contribution in [0.4, 0.5) is 0 Å². The predicted octanol–water partition coefficient (Wildman–Crippen LogP) is 16.9. The number of aromatic nitrogens is 1.